The molecule has 31 heavy (non-hydrogen) atoms. The van der Waals surface area contributed by atoms with Crippen molar-refractivity contribution in [1.29, 1.82) is 0 Å². The van der Waals surface area contributed by atoms with Crippen LogP contribution < -0.4 is 21.7 Å². The minimum Gasteiger partial charge on any atom is -0.480 e. The zero-order chi connectivity index (χ0) is 24.5. The van der Waals surface area contributed by atoms with Gasteiger partial charge >= 0.3 is 5.97 Å². The molecule has 0 aliphatic heterocycles. The number of carboxylic acid groups (broad SMARTS) is 1. The largest absolute Gasteiger partial charge is 0.480 e. The van der Waals surface area contributed by atoms with E-state index >= 15 is 0 Å². The van der Waals surface area contributed by atoms with Crippen molar-refractivity contribution in [3.8, 4) is 0 Å². The lowest BCUT2D eigenvalue weighted by Gasteiger charge is -2.30. The van der Waals surface area contributed by atoms with Gasteiger partial charge in [0.15, 0.2) is 0 Å². The van der Waals surface area contributed by atoms with E-state index in [1.807, 2.05) is 27.7 Å². The van der Waals surface area contributed by atoms with Crippen molar-refractivity contribution in [3.63, 3.8) is 0 Å². The van der Waals surface area contributed by atoms with Gasteiger partial charge in [-0.3, -0.25) is 14.4 Å². The third-order valence-corrected chi connectivity index (χ3v) is 5.84. The van der Waals surface area contributed by atoms with Crippen molar-refractivity contribution in [1.82, 2.24) is 16.0 Å². The van der Waals surface area contributed by atoms with Gasteiger partial charge in [0.1, 0.15) is 18.1 Å². The molecule has 0 bridgehead atoms. The molecule has 0 spiro atoms. The lowest BCUT2D eigenvalue weighted by Crippen LogP contribution is -2.60. The second-order valence-electron chi connectivity index (χ2n) is 9.08. The van der Waals surface area contributed by atoms with E-state index in [4.69, 9.17) is 5.73 Å². The highest BCUT2D eigenvalue weighted by molar-refractivity contribution is 5.94. The van der Waals surface area contributed by atoms with Gasteiger partial charge < -0.3 is 26.8 Å². The maximum Gasteiger partial charge on any atom is 0.326 e. The summed E-state index contributed by atoms with van der Waals surface area (Å²) in [4.78, 5) is 49.9. The maximum absolute atomic E-state index is 13.0. The number of nitrogens with two attached hydrogens (primary N) is 1. The van der Waals surface area contributed by atoms with E-state index in [1.165, 1.54) is 0 Å². The number of hydrogen-bond acceptors (Lipinski definition) is 5. The Bertz CT molecular complexity index is 623. The molecule has 180 valence electrons. The Kier molecular flexibility index (Phi) is 12.4. The number of amides is 3. The predicted octanol–water partition coefficient (Wildman–Crippen LogP) is 1.26. The highest BCUT2D eigenvalue weighted by Gasteiger charge is 2.34. The number of hydrogen-bond donors (Lipinski definition) is 5. The monoisotopic (exact) mass is 442 g/mol. The zero-order valence-corrected chi connectivity index (χ0v) is 20.2. The Morgan fingerprint density at radius 2 is 1.06 bits per heavy atom. The number of carbonyl (C=O) groups is 4. The fourth-order valence-corrected chi connectivity index (χ4v) is 2.96. The molecule has 0 aromatic heterocycles. The average molecular weight is 443 g/mol. The fourth-order valence-electron chi connectivity index (χ4n) is 2.96. The Morgan fingerprint density at radius 3 is 1.45 bits per heavy atom. The van der Waals surface area contributed by atoms with E-state index in [2.05, 4.69) is 16.0 Å². The molecule has 6 unspecified atom stereocenters. The Labute approximate surface area is 186 Å². The molecule has 0 saturated heterocycles. The molecular formula is C22H42N4O5. The van der Waals surface area contributed by atoms with Gasteiger partial charge in [0.05, 0.1) is 6.04 Å². The van der Waals surface area contributed by atoms with Crippen molar-refractivity contribution in [2.45, 2.75) is 92.4 Å². The zero-order valence-electron chi connectivity index (χ0n) is 20.2. The summed E-state index contributed by atoms with van der Waals surface area (Å²) in [6.45, 7) is 14.5. The molecule has 0 aromatic rings. The molecule has 0 radical (unpaired) electrons. The molecule has 0 saturated carbocycles. The van der Waals surface area contributed by atoms with Gasteiger partial charge in [-0.1, -0.05) is 68.2 Å². The first-order valence-corrected chi connectivity index (χ1v) is 11.2. The fraction of sp³-hybridized carbons (Fsp3) is 0.818. The van der Waals surface area contributed by atoms with Crippen molar-refractivity contribution in [2.75, 3.05) is 0 Å². The molecule has 0 aromatic carbocycles. The van der Waals surface area contributed by atoms with Crippen LogP contribution in [-0.4, -0.2) is 53.0 Å². The number of nitrogens with one attached hydrogen (secondary N) is 3. The first kappa shape index (κ1) is 28.8. The minimum absolute atomic E-state index is 0.0944. The van der Waals surface area contributed by atoms with Crippen molar-refractivity contribution >= 4 is 23.7 Å². The second kappa shape index (κ2) is 13.3. The number of carbonyl (C=O) groups excluding carboxylic acids is 3. The number of rotatable bonds is 13. The summed E-state index contributed by atoms with van der Waals surface area (Å²) in [6, 6.07) is -3.61. The SMILES string of the molecule is CCC(C)C(NC(=O)C(NC(=O)C(NC(=O)C(N)C(C)C)C(C)C)C(C)CC)C(=O)O. The van der Waals surface area contributed by atoms with E-state index in [1.54, 1.807) is 27.7 Å². The Balaban J connectivity index is 5.56. The lowest BCUT2D eigenvalue weighted by atomic mass is 9.94. The van der Waals surface area contributed by atoms with Gasteiger partial charge in [-0.2, -0.15) is 0 Å². The van der Waals surface area contributed by atoms with Crippen molar-refractivity contribution in [2.24, 2.45) is 29.4 Å². The first-order valence-electron chi connectivity index (χ1n) is 11.2. The summed E-state index contributed by atoms with van der Waals surface area (Å²) in [5.74, 6) is -3.45. The summed E-state index contributed by atoms with van der Waals surface area (Å²) in [6.07, 6.45) is 1.17. The standard InChI is InChI=1S/C22H42N4O5/c1-9-13(7)17(21(29)26-18(22(30)31)14(8)10-2)25-20(28)16(12(5)6)24-19(27)15(23)11(3)4/h11-18H,9-10,23H2,1-8H3,(H,24,27)(H,25,28)(H,26,29)(H,30,31). The van der Waals surface area contributed by atoms with Gasteiger partial charge in [0, 0.05) is 0 Å². The van der Waals surface area contributed by atoms with Crippen LogP contribution in [0.5, 0.6) is 0 Å². The smallest absolute Gasteiger partial charge is 0.326 e. The van der Waals surface area contributed by atoms with Crippen LogP contribution in [0.3, 0.4) is 0 Å². The Hall–Kier alpha value is -2.16. The minimum atomic E-state index is -1.12. The highest BCUT2D eigenvalue weighted by atomic mass is 16.4. The van der Waals surface area contributed by atoms with Crippen LogP contribution in [0.1, 0.15) is 68.2 Å². The van der Waals surface area contributed by atoms with E-state index < -0.39 is 47.9 Å². The summed E-state index contributed by atoms with van der Waals surface area (Å²) in [7, 11) is 0. The molecule has 0 heterocycles. The Morgan fingerprint density at radius 1 is 0.677 bits per heavy atom. The van der Waals surface area contributed by atoms with Crippen molar-refractivity contribution in [3.05, 3.63) is 0 Å². The molecule has 0 aliphatic carbocycles. The number of carboxylic acids is 1. The molecule has 6 atom stereocenters. The highest BCUT2D eigenvalue weighted by Crippen LogP contribution is 2.13. The van der Waals surface area contributed by atoms with Gasteiger partial charge in [-0.05, 0) is 23.7 Å². The maximum atomic E-state index is 13.0. The quantitative estimate of drug-likeness (QED) is 0.290. The van der Waals surface area contributed by atoms with E-state index in [0.29, 0.717) is 12.8 Å². The number of aliphatic carboxylic acids is 1. The molecule has 9 heteroatoms. The average Bonchev–Trinajstić information content (AvgIpc) is 2.70. The predicted molar refractivity (Wildman–Crippen MR) is 120 cm³/mol. The molecule has 9 nitrogen and oxygen atoms in total. The van der Waals surface area contributed by atoms with E-state index in [9.17, 15) is 24.3 Å². The van der Waals surface area contributed by atoms with E-state index in [-0.39, 0.29) is 23.7 Å². The molecule has 0 aliphatic rings. The van der Waals surface area contributed by atoms with Gasteiger partial charge in [-0.15, -0.1) is 0 Å². The molecule has 6 N–H and O–H groups in total. The van der Waals surface area contributed by atoms with Crippen LogP contribution in [0.4, 0.5) is 0 Å². The van der Waals surface area contributed by atoms with Crippen LogP contribution in [-0.2, 0) is 19.2 Å². The van der Waals surface area contributed by atoms with Crippen LogP contribution in [0, 0.1) is 23.7 Å². The molecular weight excluding hydrogens is 400 g/mol. The third kappa shape index (κ3) is 8.85. The molecule has 0 rings (SSSR count). The van der Waals surface area contributed by atoms with Crippen LogP contribution in [0.2, 0.25) is 0 Å². The van der Waals surface area contributed by atoms with Crippen molar-refractivity contribution < 1.29 is 24.3 Å². The van der Waals surface area contributed by atoms with Crippen LogP contribution >= 0.6 is 0 Å². The lowest BCUT2D eigenvalue weighted by molar-refractivity contribution is -0.144. The van der Waals surface area contributed by atoms with Gasteiger partial charge in [-0.25, -0.2) is 4.79 Å². The summed E-state index contributed by atoms with van der Waals surface area (Å²) >= 11 is 0. The topological polar surface area (TPSA) is 151 Å². The second-order valence-corrected chi connectivity index (χ2v) is 9.08. The molecule has 0 fully saturated rings. The summed E-state index contributed by atoms with van der Waals surface area (Å²) in [5, 5.41) is 17.5. The summed E-state index contributed by atoms with van der Waals surface area (Å²) < 4.78 is 0. The summed E-state index contributed by atoms with van der Waals surface area (Å²) in [5.41, 5.74) is 5.89. The first-order chi connectivity index (χ1) is 14.3. The normalized spacial score (nSPS) is 17.3. The van der Waals surface area contributed by atoms with Gasteiger partial charge in [0.2, 0.25) is 17.7 Å². The third-order valence-electron chi connectivity index (χ3n) is 5.84. The van der Waals surface area contributed by atoms with Crippen LogP contribution in [0.25, 0.3) is 0 Å². The van der Waals surface area contributed by atoms with Crippen LogP contribution in [0.15, 0.2) is 0 Å². The van der Waals surface area contributed by atoms with Gasteiger partial charge in [0.25, 0.3) is 0 Å². The van der Waals surface area contributed by atoms with E-state index in [0.717, 1.165) is 0 Å². The molecule has 3 amide bonds.